The smallest absolute Gasteiger partial charge is 0.132 e. The Kier molecular flexibility index (Phi) is 7.45. The fourth-order valence-electron chi connectivity index (χ4n) is 4.11. The predicted molar refractivity (Wildman–Crippen MR) is 119 cm³/mol. The van der Waals surface area contributed by atoms with Crippen LogP contribution >= 0.6 is 0 Å². The van der Waals surface area contributed by atoms with Gasteiger partial charge in [0.1, 0.15) is 5.84 Å². The van der Waals surface area contributed by atoms with Crippen molar-refractivity contribution in [1.82, 2.24) is 4.90 Å². The molecule has 0 radical (unpaired) electrons. The summed E-state index contributed by atoms with van der Waals surface area (Å²) in [6, 6.07) is 21.1. The summed E-state index contributed by atoms with van der Waals surface area (Å²) < 4.78 is 5.47. The van der Waals surface area contributed by atoms with Crippen molar-refractivity contribution in [2.24, 2.45) is 10.9 Å². The topological polar surface area (TPSA) is 45.1 Å². The van der Waals surface area contributed by atoms with Crippen LogP contribution in [0.15, 0.2) is 65.7 Å². The van der Waals surface area contributed by atoms with Crippen molar-refractivity contribution < 1.29 is 9.84 Å². The number of methoxy groups -OCH3 is 1. The molecule has 0 unspecified atom stereocenters. The molecule has 3 rings (SSSR count). The molecule has 0 spiro atoms. The molecule has 0 aromatic heterocycles. The lowest BCUT2D eigenvalue weighted by atomic mass is 9.88. The Balaban J connectivity index is 2.12. The molecule has 2 aromatic carbocycles. The second-order valence-corrected chi connectivity index (χ2v) is 8.30. The van der Waals surface area contributed by atoms with Crippen molar-refractivity contribution in [3.05, 3.63) is 71.8 Å². The van der Waals surface area contributed by atoms with E-state index in [-0.39, 0.29) is 24.2 Å². The van der Waals surface area contributed by atoms with Crippen molar-refractivity contribution in [2.45, 2.75) is 57.8 Å². The summed E-state index contributed by atoms with van der Waals surface area (Å²) in [5, 5.41) is 10.7. The van der Waals surface area contributed by atoms with Crippen LogP contribution in [0.4, 0.5) is 0 Å². The third-order valence-electron chi connectivity index (χ3n) is 5.92. The van der Waals surface area contributed by atoms with Crippen LogP contribution in [0.5, 0.6) is 0 Å². The number of likely N-dealkylation sites (tertiary alicyclic amines) is 1. The first-order valence-corrected chi connectivity index (χ1v) is 10.7. The Morgan fingerprint density at radius 3 is 2.28 bits per heavy atom. The normalized spacial score (nSPS) is 24.0. The molecule has 1 aliphatic rings. The van der Waals surface area contributed by atoms with E-state index >= 15 is 0 Å². The summed E-state index contributed by atoms with van der Waals surface area (Å²) in [5.41, 5.74) is 2.35. The SMILES string of the molecule is COC[C@@H](N=C(c1ccccc1)N1[C@H](C)[C@H](O)CC[C@H]1c1ccccc1)C(C)C. The fraction of sp³-hybridized carbons (Fsp3) is 0.480. The van der Waals surface area contributed by atoms with E-state index in [9.17, 15) is 5.11 Å². The third-order valence-corrected chi connectivity index (χ3v) is 5.92. The van der Waals surface area contributed by atoms with Crippen LogP contribution < -0.4 is 0 Å². The molecule has 1 N–H and O–H groups in total. The number of benzene rings is 2. The number of hydrogen-bond acceptors (Lipinski definition) is 3. The number of aliphatic hydroxyl groups excluding tert-OH is 1. The van der Waals surface area contributed by atoms with Gasteiger partial charge in [-0.3, -0.25) is 4.99 Å². The number of ether oxygens (including phenoxy) is 1. The van der Waals surface area contributed by atoms with E-state index in [1.165, 1.54) is 5.56 Å². The van der Waals surface area contributed by atoms with E-state index in [0.29, 0.717) is 12.5 Å². The molecular weight excluding hydrogens is 360 g/mol. The minimum absolute atomic E-state index is 0.0248. The van der Waals surface area contributed by atoms with Gasteiger partial charge in [0.05, 0.1) is 30.8 Å². The maximum Gasteiger partial charge on any atom is 0.132 e. The van der Waals surface area contributed by atoms with Gasteiger partial charge in [-0.05, 0) is 31.2 Å². The summed E-state index contributed by atoms with van der Waals surface area (Å²) >= 11 is 0. The summed E-state index contributed by atoms with van der Waals surface area (Å²) in [7, 11) is 1.73. The van der Waals surface area contributed by atoms with Crippen molar-refractivity contribution in [3.8, 4) is 0 Å². The Hall–Kier alpha value is -2.17. The van der Waals surface area contributed by atoms with Crippen LogP contribution in [0.2, 0.25) is 0 Å². The van der Waals surface area contributed by atoms with Gasteiger partial charge in [-0.25, -0.2) is 0 Å². The predicted octanol–water partition coefficient (Wildman–Crippen LogP) is 4.69. The maximum absolute atomic E-state index is 10.7. The lowest BCUT2D eigenvalue weighted by Gasteiger charge is -2.46. The zero-order valence-electron chi connectivity index (χ0n) is 18.0. The van der Waals surface area contributed by atoms with Gasteiger partial charge in [0.2, 0.25) is 0 Å². The van der Waals surface area contributed by atoms with Gasteiger partial charge in [-0.2, -0.15) is 0 Å². The van der Waals surface area contributed by atoms with Gasteiger partial charge < -0.3 is 14.7 Å². The van der Waals surface area contributed by atoms with Gasteiger partial charge in [0.15, 0.2) is 0 Å². The van der Waals surface area contributed by atoms with Gasteiger partial charge in [0.25, 0.3) is 0 Å². The molecule has 1 saturated heterocycles. The van der Waals surface area contributed by atoms with Crippen LogP contribution in [0, 0.1) is 5.92 Å². The Labute approximate surface area is 175 Å². The number of piperidine rings is 1. The van der Waals surface area contributed by atoms with Gasteiger partial charge >= 0.3 is 0 Å². The Bertz CT molecular complexity index is 776. The van der Waals surface area contributed by atoms with Crippen molar-refractivity contribution in [2.75, 3.05) is 13.7 Å². The highest BCUT2D eigenvalue weighted by atomic mass is 16.5. The van der Waals surface area contributed by atoms with Crippen molar-refractivity contribution in [3.63, 3.8) is 0 Å². The highest BCUT2D eigenvalue weighted by Gasteiger charge is 2.37. The molecule has 4 atom stereocenters. The second-order valence-electron chi connectivity index (χ2n) is 8.30. The van der Waals surface area contributed by atoms with Gasteiger partial charge in [-0.15, -0.1) is 0 Å². The average molecular weight is 395 g/mol. The van der Waals surface area contributed by atoms with E-state index in [1.54, 1.807) is 7.11 Å². The number of aliphatic imine (C=N–C) groups is 1. The first-order valence-electron chi connectivity index (χ1n) is 10.7. The average Bonchev–Trinajstić information content (AvgIpc) is 2.74. The second kappa shape index (κ2) is 10.0. The van der Waals surface area contributed by atoms with Crippen LogP contribution in [0.3, 0.4) is 0 Å². The molecule has 1 fully saturated rings. The molecule has 29 heavy (non-hydrogen) atoms. The number of amidine groups is 1. The van der Waals surface area contributed by atoms with E-state index in [4.69, 9.17) is 9.73 Å². The van der Waals surface area contributed by atoms with Crippen LogP contribution in [-0.4, -0.2) is 47.7 Å². The monoisotopic (exact) mass is 394 g/mol. The molecule has 1 aliphatic heterocycles. The molecule has 156 valence electrons. The summed E-state index contributed by atoms with van der Waals surface area (Å²) in [6.45, 7) is 7.05. The molecule has 0 aliphatic carbocycles. The van der Waals surface area contributed by atoms with E-state index in [0.717, 1.165) is 24.2 Å². The van der Waals surface area contributed by atoms with Gasteiger partial charge in [0, 0.05) is 12.7 Å². The quantitative estimate of drug-likeness (QED) is 0.571. The van der Waals surface area contributed by atoms with Crippen LogP contribution in [0.25, 0.3) is 0 Å². The summed E-state index contributed by atoms with van der Waals surface area (Å²) in [4.78, 5) is 7.56. The molecule has 4 nitrogen and oxygen atoms in total. The summed E-state index contributed by atoms with van der Waals surface area (Å²) in [6.07, 6.45) is 1.33. The molecule has 0 amide bonds. The maximum atomic E-state index is 10.7. The molecule has 2 aromatic rings. The highest BCUT2D eigenvalue weighted by Crippen LogP contribution is 2.36. The number of hydrogen-bond donors (Lipinski definition) is 1. The van der Waals surface area contributed by atoms with E-state index in [1.807, 2.05) is 18.2 Å². The largest absolute Gasteiger partial charge is 0.391 e. The zero-order chi connectivity index (χ0) is 20.8. The van der Waals surface area contributed by atoms with Gasteiger partial charge in [-0.1, -0.05) is 74.5 Å². The first kappa shape index (κ1) is 21.5. The lowest BCUT2D eigenvalue weighted by Crippen LogP contribution is -2.51. The number of rotatable bonds is 6. The number of nitrogens with zero attached hydrogens (tertiary/aromatic N) is 2. The van der Waals surface area contributed by atoms with Crippen LogP contribution in [-0.2, 0) is 4.74 Å². The lowest BCUT2D eigenvalue weighted by molar-refractivity contribution is 0.0262. The number of aliphatic hydroxyl groups is 1. The van der Waals surface area contributed by atoms with Crippen molar-refractivity contribution >= 4 is 5.84 Å². The minimum atomic E-state index is -0.371. The molecule has 1 heterocycles. The molecular formula is C25H34N2O2. The minimum Gasteiger partial charge on any atom is -0.391 e. The van der Waals surface area contributed by atoms with E-state index in [2.05, 4.69) is 68.1 Å². The Morgan fingerprint density at radius 2 is 1.69 bits per heavy atom. The van der Waals surface area contributed by atoms with Crippen LogP contribution in [0.1, 0.15) is 50.8 Å². The first-order chi connectivity index (χ1) is 14.0. The Morgan fingerprint density at radius 1 is 1.07 bits per heavy atom. The van der Waals surface area contributed by atoms with Crippen molar-refractivity contribution in [1.29, 1.82) is 0 Å². The van der Waals surface area contributed by atoms with E-state index < -0.39 is 0 Å². The molecule has 0 bridgehead atoms. The third kappa shape index (κ3) is 5.06. The fourth-order valence-corrected chi connectivity index (χ4v) is 4.11. The molecule has 4 heteroatoms. The zero-order valence-corrected chi connectivity index (χ0v) is 18.0. The summed E-state index contributed by atoms with van der Waals surface area (Å²) in [5.74, 6) is 1.30. The molecule has 0 saturated carbocycles. The standard InChI is InChI=1S/C25H34N2O2/c1-18(2)22(17-29-4)26-25(21-13-9-6-10-14-21)27-19(3)24(28)16-15-23(27)20-11-7-5-8-12-20/h5-14,18-19,22-24,28H,15-17H2,1-4H3/t19-,22-,23+,24-/m1/s1. The highest BCUT2D eigenvalue weighted by molar-refractivity contribution is 5.99.